The lowest BCUT2D eigenvalue weighted by atomic mass is 10.2. The molecule has 2 fully saturated rings. The number of anilines is 1. The van der Waals surface area contributed by atoms with Crippen LogP contribution < -0.4 is 14.8 Å². The van der Waals surface area contributed by atoms with Gasteiger partial charge in [-0.2, -0.15) is 0 Å². The number of hydrogen-bond donors (Lipinski definition) is 2. The Labute approximate surface area is 251 Å². The quantitative estimate of drug-likeness (QED) is 0.279. The van der Waals surface area contributed by atoms with Gasteiger partial charge < -0.3 is 15.0 Å². The Morgan fingerprint density at radius 1 is 0.791 bits per heavy atom. The molecule has 0 aliphatic carbocycles. The topological polar surface area (TPSA) is 108 Å². The van der Waals surface area contributed by atoms with E-state index in [0.717, 1.165) is 19.5 Å². The fourth-order valence-corrected chi connectivity index (χ4v) is 6.74. The van der Waals surface area contributed by atoms with Crippen LogP contribution in [0.1, 0.15) is 22.3 Å². The highest BCUT2D eigenvalue weighted by Crippen LogP contribution is 2.32. The second-order valence-corrected chi connectivity index (χ2v) is 12.4. The number of carbonyl (C=O) groups excluding carboxylic acids is 2. The Kier molecular flexibility index (Phi) is 8.13. The minimum atomic E-state index is -3.96. The average Bonchev–Trinajstić information content (AvgIpc) is 3.63. The highest BCUT2D eigenvalue weighted by molar-refractivity contribution is 7.92. The molecule has 10 heteroatoms. The van der Waals surface area contributed by atoms with Crippen LogP contribution in [0, 0.1) is 0 Å². The highest BCUT2D eigenvalue weighted by Gasteiger charge is 2.44. The highest BCUT2D eigenvalue weighted by atomic mass is 32.2. The zero-order chi connectivity index (χ0) is 29.8. The molecule has 4 aromatic carbocycles. The molecule has 4 aromatic rings. The molecule has 0 aromatic heterocycles. The van der Waals surface area contributed by atoms with Crippen LogP contribution in [0.2, 0.25) is 0 Å². The molecule has 0 saturated carbocycles. The van der Waals surface area contributed by atoms with Crippen molar-refractivity contribution in [1.29, 1.82) is 0 Å². The minimum Gasteiger partial charge on any atom is -0.455 e. The van der Waals surface area contributed by atoms with Crippen LogP contribution in [0.3, 0.4) is 0 Å². The van der Waals surface area contributed by atoms with Gasteiger partial charge in [0.05, 0.1) is 17.1 Å². The molecule has 220 valence electrons. The lowest BCUT2D eigenvalue weighted by molar-refractivity contribution is -0.132. The molecule has 0 spiro atoms. The number of fused-ring (bicyclic) bond motifs is 2. The van der Waals surface area contributed by atoms with Crippen molar-refractivity contribution in [1.82, 2.24) is 15.1 Å². The first-order valence-electron chi connectivity index (χ1n) is 14.2. The van der Waals surface area contributed by atoms with E-state index in [-0.39, 0.29) is 34.6 Å². The van der Waals surface area contributed by atoms with Crippen molar-refractivity contribution < 1.29 is 22.7 Å². The largest absolute Gasteiger partial charge is 0.455 e. The van der Waals surface area contributed by atoms with Crippen LogP contribution in [0.25, 0.3) is 0 Å². The SMILES string of the molecule is O=C(NCC(=O)N1CC2CC1CN2Cc1ccccc1)c1ccc(S(=O)(=O)Nc2ccccc2Oc2ccccc2)cc1. The molecule has 43 heavy (non-hydrogen) atoms. The number of benzene rings is 4. The van der Waals surface area contributed by atoms with E-state index < -0.39 is 15.9 Å². The molecule has 0 radical (unpaired) electrons. The van der Waals surface area contributed by atoms with Gasteiger partial charge in [-0.15, -0.1) is 0 Å². The summed E-state index contributed by atoms with van der Waals surface area (Å²) in [6.45, 7) is 2.24. The van der Waals surface area contributed by atoms with Crippen LogP contribution in [-0.2, 0) is 21.4 Å². The second kappa shape index (κ2) is 12.3. The van der Waals surface area contributed by atoms with Gasteiger partial charge in [-0.1, -0.05) is 60.7 Å². The number of carbonyl (C=O) groups is 2. The fourth-order valence-electron chi connectivity index (χ4n) is 5.67. The molecule has 2 atom stereocenters. The average molecular weight is 597 g/mol. The third-order valence-corrected chi connectivity index (χ3v) is 9.21. The van der Waals surface area contributed by atoms with Crippen LogP contribution in [0.15, 0.2) is 114 Å². The molecule has 2 unspecified atom stereocenters. The smallest absolute Gasteiger partial charge is 0.262 e. The number of likely N-dealkylation sites (tertiary alicyclic amines) is 2. The maximum Gasteiger partial charge on any atom is 0.262 e. The summed E-state index contributed by atoms with van der Waals surface area (Å²) in [5.41, 5.74) is 1.80. The number of hydrogen-bond acceptors (Lipinski definition) is 6. The number of nitrogens with one attached hydrogen (secondary N) is 2. The zero-order valence-electron chi connectivity index (χ0n) is 23.4. The zero-order valence-corrected chi connectivity index (χ0v) is 24.2. The summed E-state index contributed by atoms with van der Waals surface area (Å²) < 4.78 is 34.7. The van der Waals surface area contributed by atoms with Crippen molar-refractivity contribution in [2.75, 3.05) is 24.4 Å². The van der Waals surface area contributed by atoms with Crippen molar-refractivity contribution in [2.24, 2.45) is 0 Å². The van der Waals surface area contributed by atoms with E-state index >= 15 is 0 Å². The van der Waals surface area contributed by atoms with E-state index in [0.29, 0.717) is 24.1 Å². The molecule has 9 nitrogen and oxygen atoms in total. The number of ether oxygens (including phenoxy) is 1. The van der Waals surface area contributed by atoms with E-state index in [2.05, 4.69) is 27.1 Å². The molecule has 2 heterocycles. The summed E-state index contributed by atoms with van der Waals surface area (Å²) >= 11 is 0. The van der Waals surface area contributed by atoms with Crippen molar-refractivity contribution >= 4 is 27.5 Å². The van der Waals surface area contributed by atoms with Crippen LogP contribution in [0.5, 0.6) is 11.5 Å². The Bertz CT molecular complexity index is 1700. The van der Waals surface area contributed by atoms with Gasteiger partial charge in [-0.3, -0.25) is 19.2 Å². The van der Waals surface area contributed by atoms with Gasteiger partial charge in [0.25, 0.3) is 15.9 Å². The second-order valence-electron chi connectivity index (χ2n) is 10.7. The molecule has 2 amide bonds. The lowest BCUT2D eigenvalue weighted by Crippen LogP contribution is -2.51. The molecule has 2 bridgehead atoms. The Balaban J connectivity index is 1.02. The first kappa shape index (κ1) is 28.4. The van der Waals surface area contributed by atoms with Gasteiger partial charge in [0.1, 0.15) is 5.75 Å². The first-order valence-corrected chi connectivity index (χ1v) is 15.6. The van der Waals surface area contributed by atoms with E-state index in [1.54, 1.807) is 36.4 Å². The molecule has 2 aliphatic heterocycles. The van der Waals surface area contributed by atoms with Gasteiger partial charge in [-0.25, -0.2) is 8.42 Å². The summed E-state index contributed by atoms with van der Waals surface area (Å²) in [6.07, 6.45) is 0.944. The maximum absolute atomic E-state index is 13.1. The van der Waals surface area contributed by atoms with E-state index in [4.69, 9.17) is 4.74 Å². The van der Waals surface area contributed by atoms with Crippen LogP contribution in [0.4, 0.5) is 5.69 Å². The van der Waals surface area contributed by atoms with Crippen LogP contribution in [-0.4, -0.2) is 61.7 Å². The van der Waals surface area contributed by atoms with Gasteiger partial charge in [0.15, 0.2) is 5.75 Å². The molecular formula is C33H32N4O5S. The van der Waals surface area contributed by atoms with Crippen LogP contribution >= 0.6 is 0 Å². The molecule has 2 aliphatic rings. The monoisotopic (exact) mass is 596 g/mol. The predicted molar refractivity (Wildman–Crippen MR) is 163 cm³/mol. The fraction of sp³-hybridized carbons (Fsp3) is 0.212. The summed E-state index contributed by atoms with van der Waals surface area (Å²) in [5.74, 6) is 0.375. The number of nitrogens with zero attached hydrogens (tertiary/aromatic N) is 2. The number of para-hydroxylation sites is 3. The Hall–Kier alpha value is -4.67. The predicted octanol–water partition coefficient (Wildman–Crippen LogP) is 4.49. The van der Waals surface area contributed by atoms with E-state index in [9.17, 15) is 18.0 Å². The molecular weight excluding hydrogens is 564 g/mol. The summed E-state index contributed by atoms with van der Waals surface area (Å²) in [6, 6.07) is 32.2. The third-order valence-electron chi connectivity index (χ3n) is 7.83. The molecule has 2 saturated heterocycles. The van der Waals surface area contributed by atoms with Gasteiger partial charge in [-0.05, 0) is 60.5 Å². The Morgan fingerprint density at radius 3 is 2.16 bits per heavy atom. The van der Waals surface area contributed by atoms with E-state index in [1.165, 1.54) is 29.8 Å². The standard InChI is InChI=1S/C33H32N4O5S/c38-32(37-23-26-19-27(37)22-36(26)21-24-9-3-1-4-10-24)20-34-33(39)25-15-17-29(18-16-25)43(40,41)35-30-13-7-8-14-31(30)42-28-11-5-2-6-12-28/h1-18,26-27,35H,19-23H2,(H,34,39). The lowest BCUT2D eigenvalue weighted by Gasteiger charge is -2.34. The number of rotatable bonds is 10. The van der Waals surface area contributed by atoms with Gasteiger partial charge >= 0.3 is 0 Å². The number of sulfonamides is 1. The summed E-state index contributed by atoms with van der Waals surface area (Å²) in [4.78, 5) is 30.0. The number of amides is 2. The van der Waals surface area contributed by atoms with E-state index in [1.807, 2.05) is 41.3 Å². The van der Waals surface area contributed by atoms with Gasteiger partial charge in [0.2, 0.25) is 5.91 Å². The molecule has 6 rings (SSSR count). The third kappa shape index (κ3) is 6.55. The summed E-state index contributed by atoms with van der Waals surface area (Å²) in [5, 5.41) is 2.69. The number of piperazine rings is 1. The van der Waals surface area contributed by atoms with Gasteiger partial charge in [0, 0.05) is 37.3 Å². The first-order chi connectivity index (χ1) is 20.9. The van der Waals surface area contributed by atoms with Crippen molar-refractivity contribution in [2.45, 2.75) is 29.9 Å². The summed E-state index contributed by atoms with van der Waals surface area (Å²) in [7, 11) is -3.96. The van der Waals surface area contributed by atoms with Crippen molar-refractivity contribution in [3.8, 4) is 11.5 Å². The minimum absolute atomic E-state index is 0.0113. The van der Waals surface area contributed by atoms with Crippen molar-refractivity contribution in [3.63, 3.8) is 0 Å². The maximum atomic E-state index is 13.1. The molecule has 2 N–H and O–H groups in total. The van der Waals surface area contributed by atoms with Crippen molar-refractivity contribution in [3.05, 3.63) is 120 Å². The Morgan fingerprint density at radius 2 is 1.47 bits per heavy atom. The normalized spacial score (nSPS) is 17.9.